The van der Waals surface area contributed by atoms with Crippen LogP contribution in [0.2, 0.25) is 0 Å². The molecule has 0 amide bonds. The van der Waals surface area contributed by atoms with Crippen molar-refractivity contribution in [2.24, 2.45) is 0 Å². The molecule has 0 atom stereocenters. The zero-order valence-electron chi connectivity index (χ0n) is 16.1. The van der Waals surface area contributed by atoms with Crippen LogP contribution in [0.3, 0.4) is 0 Å². The van der Waals surface area contributed by atoms with Crippen LogP contribution < -0.4 is 15.7 Å². The number of ketones is 1. The van der Waals surface area contributed by atoms with E-state index >= 15 is 0 Å². The Balaban J connectivity index is 1.86. The highest BCUT2D eigenvalue weighted by atomic mass is 16.5. The number of ether oxygens (including phenoxy) is 1. The van der Waals surface area contributed by atoms with Crippen molar-refractivity contribution in [3.05, 3.63) is 70.2 Å². The molecule has 1 aliphatic rings. The van der Waals surface area contributed by atoms with E-state index in [9.17, 15) is 19.5 Å². The fraction of sp³-hybridized carbons (Fsp3) is 0.136. The maximum atomic E-state index is 13.1. The number of carbonyl (C=O) groups is 2. The van der Waals surface area contributed by atoms with Crippen LogP contribution in [0.4, 0.5) is 5.69 Å². The minimum atomic E-state index is -1.26. The van der Waals surface area contributed by atoms with Crippen molar-refractivity contribution >= 4 is 34.0 Å². The lowest BCUT2D eigenvalue weighted by molar-refractivity contribution is -0.126. The van der Waals surface area contributed by atoms with E-state index in [1.165, 1.54) is 30.5 Å². The van der Waals surface area contributed by atoms with Gasteiger partial charge in [0.15, 0.2) is 5.60 Å². The van der Waals surface area contributed by atoms with E-state index in [0.29, 0.717) is 22.4 Å². The third kappa shape index (κ3) is 3.18. The van der Waals surface area contributed by atoms with Crippen LogP contribution in [-0.2, 0) is 4.79 Å². The van der Waals surface area contributed by atoms with Crippen LogP contribution in [0.15, 0.2) is 57.9 Å². The fourth-order valence-corrected chi connectivity index (χ4v) is 3.31. The maximum Gasteiger partial charge on any atom is 0.339 e. The van der Waals surface area contributed by atoms with Crippen LogP contribution in [-0.4, -0.2) is 27.6 Å². The molecule has 30 heavy (non-hydrogen) atoms. The summed E-state index contributed by atoms with van der Waals surface area (Å²) in [5.74, 6) is -1.62. The molecule has 8 nitrogen and oxygen atoms in total. The van der Waals surface area contributed by atoms with Gasteiger partial charge in [-0.2, -0.15) is 0 Å². The quantitative estimate of drug-likeness (QED) is 0.446. The predicted octanol–water partition coefficient (Wildman–Crippen LogP) is 3.39. The highest BCUT2D eigenvalue weighted by Gasteiger charge is 2.40. The van der Waals surface area contributed by atoms with Crippen LogP contribution >= 0.6 is 0 Å². The molecular weight excluding hydrogens is 390 g/mol. The van der Waals surface area contributed by atoms with E-state index in [2.05, 4.69) is 5.32 Å². The van der Waals surface area contributed by atoms with Crippen molar-refractivity contribution < 1.29 is 29.0 Å². The molecule has 0 saturated carbocycles. The second-order valence-electron chi connectivity index (χ2n) is 7.29. The van der Waals surface area contributed by atoms with E-state index in [-0.39, 0.29) is 22.5 Å². The lowest BCUT2D eigenvalue weighted by Gasteiger charge is -2.32. The van der Waals surface area contributed by atoms with Crippen molar-refractivity contribution in [2.75, 3.05) is 5.32 Å². The van der Waals surface area contributed by atoms with Gasteiger partial charge in [-0.15, -0.1) is 0 Å². The topological polar surface area (TPSA) is 126 Å². The predicted molar refractivity (Wildman–Crippen MR) is 109 cm³/mol. The number of aromatic carboxylic acids is 1. The zero-order chi connectivity index (χ0) is 21.6. The van der Waals surface area contributed by atoms with Gasteiger partial charge in [-0.05, 0) is 44.2 Å². The molecule has 2 heterocycles. The lowest BCUT2D eigenvalue weighted by Crippen LogP contribution is -2.42. The minimum absolute atomic E-state index is 0.223. The molecule has 4 rings (SSSR count). The molecule has 0 bridgehead atoms. The average molecular weight is 407 g/mol. The summed E-state index contributed by atoms with van der Waals surface area (Å²) in [7, 11) is 0. The van der Waals surface area contributed by atoms with E-state index in [0.717, 1.165) is 0 Å². The molecule has 3 N–H and O–H groups in total. The Hall–Kier alpha value is -4.07. The van der Waals surface area contributed by atoms with Crippen molar-refractivity contribution in [1.29, 1.82) is 0 Å². The van der Waals surface area contributed by atoms with Crippen LogP contribution in [0.1, 0.15) is 29.8 Å². The Morgan fingerprint density at radius 1 is 1.10 bits per heavy atom. The van der Waals surface area contributed by atoms with Gasteiger partial charge in [0.05, 0.1) is 11.1 Å². The molecule has 1 aromatic heterocycles. The number of carboxylic acid groups (broad SMARTS) is 1. The van der Waals surface area contributed by atoms with Gasteiger partial charge in [-0.3, -0.25) is 4.79 Å². The molecule has 2 aromatic carbocycles. The molecule has 0 saturated heterocycles. The summed E-state index contributed by atoms with van der Waals surface area (Å²) in [5.41, 5.74) is -0.801. The molecule has 0 spiro atoms. The van der Waals surface area contributed by atoms with Gasteiger partial charge < -0.3 is 24.7 Å². The smallest absolute Gasteiger partial charge is 0.339 e. The summed E-state index contributed by atoms with van der Waals surface area (Å²) in [6, 6.07) is 10.3. The van der Waals surface area contributed by atoms with Gasteiger partial charge in [-0.25, -0.2) is 9.59 Å². The molecule has 3 aromatic rings. The number of nitrogens with one attached hydrogen (secondary N) is 1. The number of aromatic hydroxyl groups is 1. The van der Waals surface area contributed by atoms with Crippen LogP contribution in [0.25, 0.3) is 16.5 Å². The summed E-state index contributed by atoms with van der Waals surface area (Å²) >= 11 is 0. The number of rotatable bonds is 3. The molecule has 0 unspecified atom stereocenters. The maximum absolute atomic E-state index is 13.1. The largest absolute Gasteiger partial charge is 0.507 e. The third-order valence-electron chi connectivity index (χ3n) is 4.79. The van der Waals surface area contributed by atoms with Crippen molar-refractivity contribution in [3.8, 4) is 11.5 Å². The van der Waals surface area contributed by atoms with E-state index in [1.807, 2.05) is 0 Å². The number of hydrogen-bond donors (Lipinski definition) is 3. The first-order chi connectivity index (χ1) is 14.2. The van der Waals surface area contributed by atoms with Crippen molar-refractivity contribution in [3.63, 3.8) is 0 Å². The SMILES string of the molecule is CC1(C)Oc2ccc3ccc(=O)oc3c2C(=CNc2ccc(C(=O)O)c(O)c2)C1=O. The standard InChI is InChI=1S/C22H17NO7/c1-22(2)20(26)14(10-23-12-5-6-13(21(27)28)15(24)9-12)18-16(30-22)7-3-11-4-8-17(25)29-19(11)18/h3-10,23-24H,1-2H3,(H,27,28). The van der Waals surface area contributed by atoms with Gasteiger partial charge >= 0.3 is 11.6 Å². The Morgan fingerprint density at radius 3 is 2.53 bits per heavy atom. The molecule has 0 fully saturated rings. The van der Waals surface area contributed by atoms with Gasteiger partial charge in [0, 0.05) is 29.4 Å². The van der Waals surface area contributed by atoms with Crippen LogP contribution in [0, 0.1) is 0 Å². The minimum Gasteiger partial charge on any atom is -0.507 e. The first kappa shape index (κ1) is 19.3. The lowest BCUT2D eigenvalue weighted by atomic mass is 9.87. The number of phenols is 1. The monoisotopic (exact) mass is 407 g/mol. The highest BCUT2D eigenvalue weighted by molar-refractivity contribution is 6.28. The summed E-state index contributed by atoms with van der Waals surface area (Å²) in [6.45, 7) is 3.26. The normalized spacial score (nSPS) is 16.2. The molecule has 152 valence electrons. The Kier molecular flexibility index (Phi) is 4.34. The Bertz CT molecular complexity index is 1300. The highest BCUT2D eigenvalue weighted by Crippen LogP contribution is 2.41. The Labute approximate surface area is 170 Å². The summed E-state index contributed by atoms with van der Waals surface area (Å²) in [5, 5.41) is 22.4. The number of Topliss-reactive ketones (excluding diaryl/α,β-unsaturated/α-hetero) is 1. The number of carboxylic acids is 1. The number of fused-ring (bicyclic) bond motifs is 3. The van der Waals surface area contributed by atoms with E-state index in [4.69, 9.17) is 14.3 Å². The summed E-state index contributed by atoms with van der Waals surface area (Å²) < 4.78 is 11.2. The number of anilines is 1. The molecule has 0 radical (unpaired) electrons. The number of hydrogen-bond acceptors (Lipinski definition) is 7. The number of carbonyl (C=O) groups excluding carboxylic acids is 1. The van der Waals surface area contributed by atoms with Gasteiger partial charge in [0.1, 0.15) is 22.6 Å². The van der Waals surface area contributed by atoms with Gasteiger partial charge in [0.25, 0.3) is 0 Å². The second-order valence-corrected chi connectivity index (χ2v) is 7.29. The average Bonchev–Trinajstić information content (AvgIpc) is 2.67. The molecular formula is C22H17NO7. The summed E-state index contributed by atoms with van der Waals surface area (Å²) in [6.07, 6.45) is 1.42. The van der Waals surface area contributed by atoms with Crippen molar-refractivity contribution in [2.45, 2.75) is 19.4 Å². The van der Waals surface area contributed by atoms with Gasteiger partial charge in [0.2, 0.25) is 5.78 Å². The Morgan fingerprint density at radius 2 is 1.83 bits per heavy atom. The third-order valence-corrected chi connectivity index (χ3v) is 4.79. The van der Waals surface area contributed by atoms with Crippen molar-refractivity contribution in [1.82, 2.24) is 0 Å². The summed E-state index contributed by atoms with van der Waals surface area (Å²) in [4.78, 5) is 35.9. The van der Waals surface area contributed by atoms with Gasteiger partial charge in [-0.1, -0.05) is 0 Å². The second kappa shape index (κ2) is 6.77. The number of benzene rings is 2. The first-order valence-corrected chi connectivity index (χ1v) is 9.01. The molecule has 0 aliphatic carbocycles. The first-order valence-electron chi connectivity index (χ1n) is 9.01. The van der Waals surface area contributed by atoms with Crippen LogP contribution in [0.5, 0.6) is 11.5 Å². The molecule has 1 aliphatic heterocycles. The van der Waals surface area contributed by atoms with E-state index in [1.54, 1.807) is 32.0 Å². The van der Waals surface area contributed by atoms with E-state index < -0.39 is 22.9 Å². The molecule has 8 heteroatoms. The zero-order valence-corrected chi connectivity index (χ0v) is 16.1. The fourth-order valence-electron chi connectivity index (χ4n) is 3.31.